The normalized spacial score (nSPS) is 26.9. The van der Waals surface area contributed by atoms with Gasteiger partial charge >= 0.3 is 5.97 Å². The highest BCUT2D eigenvalue weighted by Crippen LogP contribution is 2.46. The maximum atomic E-state index is 12.4. The zero-order valence-electron chi connectivity index (χ0n) is 13.5. The van der Waals surface area contributed by atoms with Crippen LogP contribution in [0, 0.1) is 11.8 Å². The zero-order chi connectivity index (χ0) is 17.6. The minimum atomic E-state index is -1.09. The van der Waals surface area contributed by atoms with E-state index in [9.17, 15) is 19.5 Å². The van der Waals surface area contributed by atoms with Crippen LogP contribution in [0.5, 0.6) is 0 Å². The summed E-state index contributed by atoms with van der Waals surface area (Å²) in [4.78, 5) is 37.2. The molecule has 10 heteroatoms. The van der Waals surface area contributed by atoms with Gasteiger partial charge in [0.1, 0.15) is 18.6 Å². The van der Waals surface area contributed by atoms with E-state index < -0.39 is 17.9 Å². The molecule has 3 rings (SSSR count). The molecule has 3 heterocycles. The fourth-order valence-electron chi connectivity index (χ4n) is 3.56. The summed E-state index contributed by atoms with van der Waals surface area (Å²) >= 11 is 0. The van der Waals surface area contributed by atoms with E-state index in [1.807, 2.05) is 6.92 Å². The Morgan fingerprint density at radius 3 is 2.75 bits per heavy atom. The fourth-order valence-corrected chi connectivity index (χ4v) is 3.56. The van der Waals surface area contributed by atoms with Gasteiger partial charge in [0.15, 0.2) is 0 Å². The molecular formula is C14H18N6O4. The van der Waals surface area contributed by atoms with E-state index in [0.29, 0.717) is 5.57 Å². The summed E-state index contributed by atoms with van der Waals surface area (Å²) in [5, 5.41) is 22.6. The van der Waals surface area contributed by atoms with E-state index >= 15 is 0 Å². The quantitative estimate of drug-likeness (QED) is 0.661. The van der Waals surface area contributed by atoms with Crippen molar-refractivity contribution in [2.75, 3.05) is 0 Å². The SMILES string of the molecule is CC1=C(C(=O)O)N2C(=O)C(C(C)NC(=O)Cn3cnnn3)[C@H]2C1C. The molecule has 2 aliphatic rings. The summed E-state index contributed by atoms with van der Waals surface area (Å²) in [6.45, 7) is 5.34. The number of rotatable bonds is 5. The predicted octanol–water partition coefficient (Wildman–Crippen LogP) is -0.987. The van der Waals surface area contributed by atoms with Crippen molar-refractivity contribution in [1.82, 2.24) is 30.4 Å². The van der Waals surface area contributed by atoms with Gasteiger partial charge in [-0.3, -0.25) is 9.59 Å². The highest BCUT2D eigenvalue weighted by molar-refractivity contribution is 6.00. The molecule has 1 aromatic rings. The second-order valence-electron chi connectivity index (χ2n) is 6.21. The van der Waals surface area contributed by atoms with Crippen LogP contribution >= 0.6 is 0 Å². The average Bonchev–Trinajstić information content (AvgIpc) is 3.06. The molecule has 0 bridgehead atoms. The zero-order valence-corrected chi connectivity index (χ0v) is 13.5. The summed E-state index contributed by atoms with van der Waals surface area (Å²) in [7, 11) is 0. The first-order chi connectivity index (χ1) is 11.3. The van der Waals surface area contributed by atoms with E-state index in [0.717, 1.165) is 0 Å². The maximum absolute atomic E-state index is 12.4. The lowest BCUT2D eigenvalue weighted by Crippen LogP contribution is -2.66. The standard InChI is InChI=1S/C14H18N6O4/c1-6-7(2)12(14(23)24)20-11(6)10(13(20)22)8(3)16-9(21)4-19-5-15-17-18-19/h5-6,8,10-11H,4H2,1-3H3,(H,16,21)(H,23,24)/t6?,8?,10?,11-/m1/s1. The number of tetrazole rings is 1. The molecule has 2 N–H and O–H groups in total. The Bertz CT molecular complexity index is 728. The Morgan fingerprint density at radius 1 is 1.46 bits per heavy atom. The summed E-state index contributed by atoms with van der Waals surface area (Å²) in [6, 6.07) is -0.641. The van der Waals surface area contributed by atoms with Crippen molar-refractivity contribution >= 4 is 17.8 Å². The van der Waals surface area contributed by atoms with Crippen molar-refractivity contribution < 1.29 is 19.5 Å². The summed E-state index contributed by atoms with van der Waals surface area (Å²) in [5.41, 5.74) is 0.761. The number of aromatic nitrogens is 4. The first-order valence-electron chi connectivity index (χ1n) is 7.60. The Hall–Kier alpha value is -2.78. The number of carboxylic acids is 1. The van der Waals surface area contributed by atoms with Crippen molar-refractivity contribution in [1.29, 1.82) is 0 Å². The number of carbonyl (C=O) groups excluding carboxylic acids is 2. The first-order valence-corrected chi connectivity index (χ1v) is 7.60. The second kappa shape index (κ2) is 5.69. The van der Waals surface area contributed by atoms with Gasteiger partial charge in [0.25, 0.3) is 0 Å². The number of nitrogens with one attached hydrogen (secondary N) is 1. The molecule has 1 aromatic heterocycles. The van der Waals surface area contributed by atoms with Crippen molar-refractivity contribution in [3.8, 4) is 0 Å². The first kappa shape index (κ1) is 16.1. The Labute approximate surface area is 137 Å². The third-order valence-electron chi connectivity index (χ3n) is 4.83. The number of hydrogen-bond acceptors (Lipinski definition) is 6. The Morgan fingerprint density at radius 2 is 2.17 bits per heavy atom. The number of nitrogens with zero attached hydrogens (tertiary/aromatic N) is 5. The largest absolute Gasteiger partial charge is 0.477 e. The third-order valence-corrected chi connectivity index (χ3v) is 4.83. The molecule has 3 unspecified atom stereocenters. The molecule has 1 saturated heterocycles. The molecule has 128 valence electrons. The van der Waals surface area contributed by atoms with E-state index in [2.05, 4.69) is 20.8 Å². The van der Waals surface area contributed by atoms with Crippen LogP contribution in [0.2, 0.25) is 0 Å². The number of carbonyl (C=O) groups is 3. The van der Waals surface area contributed by atoms with Crippen molar-refractivity contribution in [2.45, 2.75) is 39.4 Å². The van der Waals surface area contributed by atoms with Gasteiger partial charge in [-0.05, 0) is 29.8 Å². The van der Waals surface area contributed by atoms with Gasteiger partial charge in [-0.25, -0.2) is 9.48 Å². The molecule has 4 atom stereocenters. The summed E-state index contributed by atoms with van der Waals surface area (Å²) in [6.07, 6.45) is 1.33. The molecule has 1 fully saturated rings. The summed E-state index contributed by atoms with van der Waals surface area (Å²) in [5.74, 6) is -2.17. The van der Waals surface area contributed by atoms with Crippen LogP contribution in [0.3, 0.4) is 0 Å². The molecule has 24 heavy (non-hydrogen) atoms. The molecule has 2 amide bonds. The minimum absolute atomic E-state index is 0.0418. The molecule has 0 saturated carbocycles. The van der Waals surface area contributed by atoms with Gasteiger partial charge in [-0.1, -0.05) is 6.92 Å². The molecule has 0 radical (unpaired) electrons. The van der Waals surface area contributed by atoms with E-state index in [4.69, 9.17) is 0 Å². The molecule has 0 aromatic carbocycles. The third kappa shape index (κ3) is 2.34. The average molecular weight is 334 g/mol. The van der Waals surface area contributed by atoms with Gasteiger partial charge in [0, 0.05) is 12.0 Å². The monoisotopic (exact) mass is 334 g/mol. The highest BCUT2D eigenvalue weighted by Gasteiger charge is 2.59. The molecular weight excluding hydrogens is 316 g/mol. The lowest BCUT2D eigenvalue weighted by molar-refractivity contribution is -0.158. The molecule has 10 nitrogen and oxygen atoms in total. The Kier molecular flexibility index (Phi) is 3.82. The van der Waals surface area contributed by atoms with Gasteiger partial charge < -0.3 is 15.3 Å². The lowest BCUT2D eigenvalue weighted by Gasteiger charge is -2.47. The van der Waals surface area contributed by atoms with E-state index in [1.54, 1.807) is 13.8 Å². The van der Waals surface area contributed by atoms with Crippen LogP contribution in [-0.2, 0) is 20.9 Å². The van der Waals surface area contributed by atoms with Gasteiger partial charge in [-0.15, -0.1) is 5.10 Å². The lowest BCUT2D eigenvalue weighted by atomic mass is 9.77. The number of amides is 2. The number of carboxylic acid groups (broad SMARTS) is 1. The number of aliphatic carboxylic acids is 1. The molecule has 0 spiro atoms. The number of fused-ring (bicyclic) bond motifs is 1. The predicted molar refractivity (Wildman–Crippen MR) is 79.0 cm³/mol. The second-order valence-corrected chi connectivity index (χ2v) is 6.21. The van der Waals surface area contributed by atoms with Crippen LogP contribution < -0.4 is 5.32 Å². The van der Waals surface area contributed by atoms with Crippen molar-refractivity contribution in [2.24, 2.45) is 11.8 Å². The Balaban J connectivity index is 1.68. The van der Waals surface area contributed by atoms with Crippen LogP contribution in [-0.4, -0.2) is 60.1 Å². The molecule has 0 aliphatic carbocycles. The van der Waals surface area contributed by atoms with Gasteiger partial charge in [0.05, 0.1) is 12.0 Å². The van der Waals surface area contributed by atoms with Crippen molar-refractivity contribution in [3.05, 3.63) is 17.6 Å². The maximum Gasteiger partial charge on any atom is 0.352 e. The van der Waals surface area contributed by atoms with Crippen LogP contribution in [0.15, 0.2) is 17.6 Å². The smallest absolute Gasteiger partial charge is 0.352 e. The van der Waals surface area contributed by atoms with Gasteiger partial charge in [0.2, 0.25) is 11.8 Å². The number of β-lactam (4-membered cyclic amide) rings is 1. The van der Waals surface area contributed by atoms with E-state index in [1.165, 1.54) is 15.9 Å². The van der Waals surface area contributed by atoms with Crippen LogP contribution in [0.4, 0.5) is 0 Å². The van der Waals surface area contributed by atoms with E-state index in [-0.39, 0.29) is 36.0 Å². The highest BCUT2D eigenvalue weighted by atomic mass is 16.4. The van der Waals surface area contributed by atoms with Crippen molar-refractivity contribution in [3.63, 3.8) is 0 Å². The minimum Gasteiger partial charge on any atom is -0.477 e. The van der Waals surface area contributed by atoms with Gasteiger partial charge in [-0.2, -0.15) is 0 Å². The fraction of sp³-hybridized carbons (Fsp3) is 0.571. The molecule has 2 aliphatic heterocycles. The number of hydrogen-bond donors (Lipinski definition) is 2. The summed E-state index contributed by atoms with van der Waals surface area (Å²) < 4.78 is 1.28. The van der Waals surface area contributed by atoms with Crippen LogP contribution in [0.25, 0.3) is 0 Å². The van der Waals surface area contributed by atoms with Crippen LogP contribution in [0.1, 0.15) is 20.8 Å². The topological polar surface area (TPSA) is 130 Å².